The zero-order valence-corrected chi connectivity index (χ0v) is 13.2. The standard InChI is InChI=1S/C17H22N4O/c1-13-4-3-5-14(2)16(13)12-22-15-10-19-17(20-11-15)21-8-6-18-7-9-21/h3-5,10-11,18H,6-9,12H2,1-2H3. The minimum atomic E-state index is 0.550. The average Bonchev–Trinajstić information content (AvgIpc) is 2.56. The Balaban J connectivity index is 1.64. The van der Waals surface area contributed by atoms with Crippen molar-refractivity contribution in [3.8, 4) is 5.75 Å². The van der Waals surface area contributed by atoms with Crippen LogP contribution in [0.25, 0.3) is 0 Å². The topological polar surface area (TPSA) is 50.3 Å². The molecule has 1 N–H and O–H groups in total. The third-order valence-corrected chi connectivity index (χ3v) is 4.04. The zero-order chi connectivity index (χ0) is 15.4. The van der Waals surface area contributed by atoms with Crippen LogP contribution in [0.2, 0.25) is 0 Å². The second-order valence-electron chi connectivity index (χ2n) is 5.61. The highest BCUT2D eigenvalue weighted by Gasteiger charge is 2.12. The minimum Gasteiger partial charge on any atom is -0.486 e. The van der Waals surface area contributed by atoms with Crippen LogP contribution in [0.1, 0.15) is 16.7 Å². The molecular formula is C17H22N4O. The largest absolute Gasteiger partial charge is 0.486 e. The van der Waals surface area contributed by atoms with Crippen molar-refractivity contribution < 1.29 is 4.74 Å². The van der Waals surface area contributed by atoms with Gasteiger partial charge in [0.05, 0.1) is 12.4 Å². The smallest absolute Gasteiger partial charge is 0.225 e. The van der Waals surface area contributed by atoms with Crippen molar-refractivity contribution in [1.29, 1.82) is 0 Å². The van der Waals surface area contributed by atoms with E-state index in [1.165, 1.54) is 16.7 Å². The summed E-state index contributed by atoms with van der Waals surface area (Å²) in [5.41, 5.74) is 3.73. The molecule has 3 rings (SSSR count). The number of piperazine rings is 1. The highest BCUT2D eigenvalue weighted by Crippen LogP contribution is 2.18. The van der Waals surface area contributed by atoms with Gasteiger partial charge in [0.1, 0.15) is 6.61 Å². The van der Waals surface area contributed by atoms with E-state index in [-0.39, 0.29) is 0 Å². The Labute approximate surface area is 131 Å². The molecule has 0 unspecified atom stereocenters. The fourth-order valence-electron chi connectivity index (χ4n) is 2.64. The van der Waals surface area contributed by atoms with Gasteiger partial charge in [0.15, 0.2) is 5.75 Å². The normalized spacial score (nSPS) is 14.9. The minimum absolute atomic E-state index is 0.550. The summed E-state index contributed by atoms with van der Waals surface area (Å²) in [6.45, 7) is 8.62. The van der Waals surface area contributed by atoms with Gasteiger partial charge in [0, 0.05) is 26.2 Å². The first kappa shape index (κ1) is 14.8. The predicted octanol–water partition coefficient (Wildman–Crippen LogP) is 2.08. The monoisotopic (exact) mass is 298 g/mol. The van der Waals surface area contributed by atoms with Crippen molar-refractivity contribution in [3.05, 3.63) is 47.3 Å². The second kappa shape index (κ2) is 6.75. The van der Waals surface area contributed by atoms with Gasteiger partial charge in [-0.2, -0.15) is 0 Å². The Kier molecular flexibility index (Phi) is 4.53. The maximum Gasteiger partial charge on any atom is 0.225 e. The lowest BCUT2D eigenvalue weighted by Gasteiger charge is -2.27. The Morgan fingerprint density at radius 2 is 1.73 bits per heavy atom. The van der Waals surface area contributed by atoms with E-state index in [1.54, 1.807) is 12.4 Å². The summed E-state index contributed by atoms with van der Waals surface area (Å²) in [7, 11) is 0. The number of hydrogen-bond acceptors (Lipinski definition) is 5. The first-order valence-electron chi connectivity index (χ1n) is 7.69. The van der Waals surface area contributed by atoms with Crippen LogP contribution in [-0.2, 0) is 6.61 Å². The average molecular weight is 298 g/mol. The fraction of sp³-hybridized carbons (Fsp3) is 0.412. The predicted molar refractivity (Wildman–Crippen MR) is 87.4 cm³/mol. The number of aryl methyl sites for hydroxylation is 2. The molecule has 0 spiro atoms. The first-order chi connectivity index (χ1) is 10.7. The van der Waals surface area contributed by atoms with E-state index in [0.717, 1.165) is 32.1 Å². The maximum atomic E-state index is 5.84. The van der Waals surface area contributed by atoms with Crippen LogP contribution < -0.4 is 15.0 Å². The maximum absolute atomic E-state index is 5.84. The number of benzene rings is 1. The van der Waals surface area contributed by atoms with Crippen molar-refractivity contribution in [2.24, 2.45) is 0 Å². The van der Waals surface area contributed by atoms with Crippen LogP contribution in [-0.4, -0.2) is 36.1 Å². The molecule has 5 heteroatoms. The lowest BCUT2D eigenvalue weighted by atomic mass is 10.0. The van der Waals surface area contributed by atoms with Gasteiger partial charge < -0.3 is 15.0 Å². The van der Waals surface area contributed by atoms with E-state index in [1.807, 2.05) is 0 Å². The number of nitrogens with one attached hydrogen (secondary N) is 1. The molecule has 0 radical (unpaired) electrons. The Bertz CT molecular complexity index is 601. The molecule has 116 valence electrons. The molecule has 1 aromatic carbocycles. The van der Waals surface area contributed by atoms with Crippen molar-refractivity contribution in [2.45, 2.75) is 20.5 Å². The molecule has 22 heavy (non-hydrogen) atoms. The Morgan fingerprint density at radius 1 is 1.09 bits per heavy atom. The highest BCUT2D eigenvalue weighted by atomic mass is 16.5. The number of anilines is 1. The van der Waals surface area contributed by atoms with Gasteiger partial charge in [-0.3, -0.25) is 0 Å². The second-order valence-corrected chi connectivity index (χ2v) is 5.61. The van der Waals surface area contributed by atoms with Crippen LogP contribution in [0.3, 0.4) is 0 Å². The van der Waals surface area contributed by atoms with E-state index < -0.39 is 0 Å². The molecular weight excluding hydrogens is 276 g/mol. The molecule has 2 aromatic rings. The summed E-state index contributed by atoms with van der Waals surface area (Å²) in [5.74, 6) is 1.49. The quantitative estimate of drug-likeness (QED) is 0.936. The molecule has 1 saturated heterocycles. The van der Waals surface area contributed by atoms with Gasteiger partial charge in [-0.15, -0.1) is 0 Å². The SMILES string of the molecule is Cc1cccc(C)c1COc1cnc(N2CCNCC2)nc1. The van der Waals surface area contributed by atoms with Gasteiger partial charge in [-0.1, -0.05) is 18.2 Å². The lowest BCUT2D eigenvalue weighted by molar-refractivity contribution is 0.302. The van der Waals surface area contributed by atoms with E-state index in [9.17, 15) is 0 Å². The van der Waals surface area contributed by atoms with Crippen molar-refractivity contribution in [2.75, 3.05) is 31.1 Å². The van der Waals surface area contributed by atoms with Gasteiger partial charge >= 0.3 is 0 Å². The van der Waals surface area contributed by atoms with Gasteiger partial charge in [-0.25, -0.2) is 9.97 Å². The van der Waals surface area contributed by atoms with E-state index in [4.69, 9.17) is 4.74 Å². The summed E-state index contributed by atoms with van der Waals surface area (Å²) in [6.07, 6.45) is 3.52. The molecule has 0 amide bonds. The summed E-state index contributed by atoms with van der Waals surface area (Å²) >= 11 is 0. The van der Waals surface area contributed by atoms with Crippen LogP contribution in [0.5, 0.6) is 5.75 Å². The highest BCUT2D eigenvalue weighted by molar-refractivity contribution is 5.34. The van der Waals surface area contributed by atoms with Crippen molar-refractivity contribution >= 4 is 5.95 Å². The van der Waals surface area contributed by atoms with Crippen LogP contribution in [0.4, 0.5) is 5.95 Å². The molecule has 0 bridgehead atoms. The fourth-order valence-corrected chi connectivity index (χ4v) is 2.64. The number of aromatic nitrogens is 2. The van der Waals surface area contributed by atoms with Crippen molar-refractivity contribution in [1.82, 2.24) is 15.3 Å². The molecule has 1 aliphatic rings. The Morgan fingerprint density at radius 3 is 2.36 bits per heavy atom. The summed E-state index contributed by atoms with van der Waals surface area (Å²) < 4.78 is 5.84. The number of ether oxygens (including phenoxy) is 1. The molecule has 2 heterocycles. The molecule has 0 saturated carbocycles. The van der Waals surface area contributed by atoms with Crippen molar-refractivity contribution in [3.63, 3.8) is 0 Å². The molecule has 1 aromatic heterocycles. The Hall–Kier alpha value is -2.14. The van der Waals surface area contributed by atoms with Gasteiger partial charge in [0.2, 0.25) is 5.95 Å². The molecule has 0 aliphatic carbocycles. The summed E-state index contributed by atoms with van der Waals surface area (Å²) in [5, 5.41) is 3.32. The number of nitrogens with zero attached hydrogens (tertiary/aromatic N) is 3. The lowest BCUT2D eigenvalue weighted by Crippen LogP contribution is -2.44. The molecule has 0 atom stereocenters. The number of rotatable bonds is 4. The summed E-state index contributed by atoms with van der Waals surface area (Å²) in [6, 6.07) is 6.28. The molecule has 1 fully saturated rings. The molecule has 5 nitrogen and oxygen atoms in total. The van der Waals surface area contributed by atoms with Crippen LogP contribution in [0, 0.1) is 13.8 Å². The number of hydrogen-bond donors (Lipinski definition) is 1. The van der Waals surface area contributed by atoms with E-state index >= 15 is 0 Å². The molecule has 1 aliphatic heterocycles. The zero-order valence-electron chi connectivity index (χ0n) is 13.2. The van der Waals surface area contributed by atoms with Gasteiger partial charge in [0.25, 0.3) is 0 Å². The summed E-state index contributed by atoms with van der Waals surface area (Å²) in [4.78, 5) is 11.0. The van der Waals surface area contributed by atoms with E-state index in [0.29, 0.717) is 12.4 Å². The third-order valence-electron chi connectivity index (χ3n) is 4.04. The first-order valence-corrected chi connectivity index (χ1v) is 7.69. The van der Waals surface area contributed by atoms with Crippen LogP contribution in [0.15, 0.2) is 30.6 Å². The third kappa shape index (κ3) is 3.36. The van der Waals surface area contributed by atoms with E-state index in [2.05, 4.69) is 52.2 Å². The van der Waals surface area contributed by atoms with Gasteiger partial charge in [-0.05, 0) is 30.5 Å². The van der Waals surface area contributed by atoms with Crippen LogP contribution >= 0.6 is 0 Å².